The van der Waals surface area contributed by atoms with Crippen molar-refractivity contribution < 1.29 is 24.3 Å². The molecule has 0 aliphatic carbocycles. The van der Waals surface area contributed by atoms with E-state index in [0.29, 0.717) is 17.0 Å². The van der Waals surface area contributed by atoms with E-state index < -0.39 is 29.2 Å². The van der Waals surface area contributed by atoms with Gasteiger partial charge < -0.3 is 21.0 Å². The number of amides is 2. The number of nitrogens with one attached hydrogen (secondary N) is 1. The van der Waals surface area contributed by atoms with Crippen molar-refractivity contribution in [3.05, 3.63) is 52.4 Å². The molecular weight excluding hydrogens is 470 g/mol. The van der Waals surface area contributed by atoms with Gasteiger partial charge in [0.1, 0.15) is 29.9 Å². The Balaban J connectivity index is 1.53. The van der Waals surface area contributed by atoms with Crippen LogP contribution in [-0.2, 0) is 19.2 Å². The fraction of sp³-hybridized carbons (Fsp3) is 0.211. The summed E-state index contributed by atoms with van der Waals surface area (Å²) in [6.45, 7) is 0. The normalized spacial score (nSPS) is 20.5. The number of hydrogen-bond donors (Lipinski definition) is 3. The van der Waals surface area contributed by atoms with E-state index in [0.717, 1.165) is 11.3 Å². The minimum absolute atomic E-state index is 0.132. The first-order valence-corrected chi connectivity index (χ1v) is 11.3. The largest absolute Gasteiger partial charge is 0.477 e. The Kier molecular flexibility index (Phi) is 6.37. The monoisotopic (exact) mass is 487 g/mol. The summed E-state index contributed by atoms with van der Waals surface area (Å²) >= 11 is 2.46. The zero-order valence-corrected chi connectivity index (χ0v) is 18.7. The number of carboxylic acids is 1. The number of allylic oxidation sites excluding steroid dienone is 1. The number of carbonyl (C=O) groups excluding carboxylic acids is 2. The van der Waals surface area contributed by atoms with Crippen LogP contribution in [0.15, 0.2) is 46.2 Å². The highest BCUT2D eigenvalue weighted by Crippen LogP contribution is 2.40. The number of anilines is 1. The van der Waals surface area contributed by atoms with E-state index in [9.17, 15) is 19.5 Å². The molecule has 14 heteroatoms. The van der Waals surface area contributed by atoms with Gasteiger partial charge in [0.05, 0.1) is 5.69 Å². The van der Waals surface area contributed by atoms with Crippen molar-refractivity contribution in [1.82, 2.24) is 25.4 Å². The number of aliphatic carboxylic acids is 1. The van der Waals surface area contributed by atoms with E-state index in [4.69, 9.17) is 10.6 Å². The first-order valence-electron chi connectivity index (χ1n) is 9.41. The number of rotatable bonds is 7. The molecule has 12 nitrogen and oxygen atoms in total. The molecule has 2 aliphatic rings. The smallest absolute Gasteiger partial charge is 0.352 e. The van der Waals surface area contributed by atoms with Crippen LogP contribution in [0.5, 0.6) is 0 Å². The average molecular weight is 488 g/mol. The molecule has 0 saturated carbocycles. The summed E-state index contributed by atoms with van der Waals surface area (Å²) in [4.78, 5) is 47.5. The molecule has 2 aromatic heterocycles. The van der Waals surface area contributed by atoms with Crippen LogP contribution in [0, 0.1) is 0 Å². The molecule has 33 heavy (non-hydrogen) atoms. The van der Waals surface area contributed by atoms with E-state index in [1.54, 1.807) is 24.3 Å². The van der Waals surface area contributed by atoms with Gasteiger partial charge in [0.25, 0.3) is 11.8 Å². The van der Waals surface area contributed by atoms with Crippen LogP contribution in [0.3, 0.4) is 0 Å². The summed E-state index contributed by atoms with van der Waals surface area (Å²) in [5, 5.41) is 25.0. The lowest BCUT2D eigenvalue weighted by molar-refractivity contribution is -0.150. The number of nitrogens with two attached hydrogens (primary N) is 1. The highest BCUT2D eigenvalue weighted by Gasteiger charge is 2.54. The van der Waals surface area contributed by atoms with Gasteiger partial charge in [-0.1, -0.05) is 11.2 Å². The molecule has 2 aliphatic heterocycles. The van der Waals surface area contributed by atoms with Crippen molar-refractivity contribution in [2.75, 3.05) is 18.6 Å². The van der Waals surface area contributed by atoms with Crippen LogP contribution < -0.4 is 11.1 Å². The third-order valence-electron chi connectivity index (χ3n) is 4.70. The molecule has 4 rings (SSSR count). The second-order valence-electron chi connectivity index (χ2n) is 6.72. The molecule has 2 atom stereocenters. The molecule has 1 saturated heterocycles. The fourth-order valence-electron chi connectivity index (χ4n) is 3.26. The van der Waals surface area contributed by atoms with Gasteiger partial charge in [-0.05, 0) is 23.8 Å². The number of thioether (sulfide) groups is 1. The Morgan fingerprint density at radius 3 is 2.88 bits per heavy atom. The number of carboxylic acid groups (broad SMARTS) is 1. The first kappa shape index (κ1) is 22.4. The van der Waals surface area contributed by atoms with Gasteiger partial charge in [0.2, 0.25) is 0 Å². The second kappa shape index (κ2) is 9.38. The van der Waals surface area contributed by atoms with Crippen LogP contribution >= 0.6 is 23.1 Å². The van der Waals surface area contributed by atoms with E-state index in [2.05, 4.69) is 25.7 Å². The molecule has 0 bridgehead atoms. The van der Waals surface area contributed by atoms with Crippen LogP contribution in [0.25, 0.3) is 6.08 Å². The van der Waals surface area contributed by atoms with Crippen LogP contribution in [0.4, 0.5) is 5.13 Å². The van der Waals surface area contributed by atoms with Crippen molar-refractivity contribution >= 4 is 57.8 Å². The van der Waals surface area contributed by atoms with Crippen LogP contribution in [-0.4, -0.2) is 73.0 Å². The molecule has 0 aromatic carbocycles. The van der Waals surface area contributed by atoms with Gasteiger partial charge in [-0.2, -0.15) is 10.2 Å². The standard InChI is InChI=1S/C19H17N7O5S2/c1-31-25-12(11-8-33-19(20)22-11)15(27)23-13-16(28)26-14(18(29)30)9(7-32-17(13)26)4-5-10-3-2-6-21-24-10/h2-6,8,13,17H,7H2,1H3,(H2,20,22)(H,23,27)(H,29,30)/t13?,17-/m1/s1. The van der Waals surface area contributed by atoms with E-state index in [-0.39, 0.29) is 22.2 Å². The molecule has 1 fully saturated rings. The number of nitrogen functional groups attached to an aromatic ring is 1. The minimum atomic E-state index is -1.24. The number of carbonyl (C=O) groups is 3. The maximum atomic E-state index is 12.8. The van der Waals surface area contributed by atoms with Crippen molar-refractivity contribution in [3.8, 4) is 0 Å². The quantitative estimate of drug-likeness (QED) is 0.280. The summed E-state index contributed by atoms with van der Waals surface area (Å²) in [7, 11) is 1.27. The zero-order chi connectivity index (χ0) is 23.5. The Labute approximate surface area is 195 Å². The topological polar surface area (TPSA) is 173 Å². The SMILES string of the molecule is CON=C(C(=O)NC1C(=O)N2C(C(=O)O)=C(C=Cc3cccnn3)CS[C@H]12)c1csc(N)n1. The lowest BCUT2D eigenvalue weighted by Crippen LogP contribution is -2.71. The van der Waals surface area contributed by atoms with Crippen molar-refractivity contribution in [1.29, 1.82) is 0 Å². The molecular formula is C19H17N7O5S2. The number of β-lactam (4-membered cyclic amide) rings is 1. The molecule has 4 N–H and O–H groups in total. The highest BCUT2D eigenvalue weighted by molar-refractivity contribution is 8.00. The highest BCUT2D eigenvalue weighted by atomic mass is 32.2. The van der Waals surface area contributed by atoms with Crippen LogP contribution in [0.2, 0.25) is 0 Å². The average Bonchev–Trinajstić information content (AvgIpc) is 3.25. The van der Waals surface area contributed by atoms with Gasteiger partial charge in [0.15, 0.2) is 10.8 Å². The van der Waals surface area contributed by atoms with E-state index >= 15 is 0 Å². The Morgan fingerprint density at radius 2 is 2.24 bits per heavy atom. The minimum Gasteiger partial charge on any atom is -0.477 e. The van der Waals surface area contributed by atoms with Crippen molar-refractivity contribution in [2.24, 2.45) is 5.16 Å². The van der Waals surface area contributed by atoms with Gasteiger partial charge in [-0.3, -0.25) is 14.5 Å². The molecule has 2 amide bonds. The van der Waals surface area contributed by atoms with Crippen molar-refractivity contribution in [2.45, 2.75) is 11.4 Å². The second-order valence-corrected chi connectivity index (χ2v) is 8.71. The summed E-state index contributed by atoms with van der Waals surface area (Å²) in [5.41, 5.74) is 6.56. The number of thiazole rings is 1. The third kappa shape index (κ3) is 4.42. The van der Waals surface area contributed by atoms with Crippen molar-refractivity contribution in [3.63, 3.8) is 0 Å². The maximum absolute atomic E-state index is 12.8. The number of hydrogen-bond acceptors (Lipinski definition) is 11. The molecule has 4 heterocycles. The predicted molar refractivity (Wildman–Crippen MR) is 121 cm³/mol. The van der Waals surface area contributed by atoms with Gasteiger partial charge >= 0.3 is 5.97 Å². The third-order valence-corrected chi connectivity index (χ3v) is 6.67. The number of oxime groups is 1. The number of nitrogens with zero attached hydrogens (tertiary/aromatic N) is 5. The Hall–Kier alpha value is -3.78. The summed E-state index contributed by atoms with van der Waals surface area (Å²) in [6.07, 6.45) is 4.76. The molecule has 170 valence electrons. The Morgan fingerprint density at radius 1 is 1.42 bits per heavy atom. The fourth-order valence-corrected chi connectivity index (χ4v) is 5.13. The van der Waals surface area contributed by atoms with Gasteiger partial charge in [-0.25, -0.2) is 9.78 Å². The lowest BCUT2D eigenvalue weighted by Gasteiger charge is -2.49. The first-order chi connectivity index (χ1) is 15.9. The van der Waals surface area contributed by atoms with E-state index in [1.807, 2.05) is 0 Å². The molecule has 1 unspecified atom stereocenters. The summed E-state index contributed by atoms with van der Waals surface area (Å²) < 4.78 is 0. The van der Waals surface area contributed by atoms with E-state index in [1.165, 1.54) is 35.3 Å². The zero-order valence-electron chi connectivity index (χ0n) is 17.0. The molecule has 2 aromatic rings. The maximum Gasteiger partial charge on any atom is 0.352 e. The predicted octanol–water partition coefficient (Wildman–Crippen LogP) is 0.318. The molecule has 0 radical (unpaired) electrons. The van der Waals surface area contributed by atoms with Crippen LogP contribution in [0.1, 0.15) is 11.4 Å². The van der Waals surface area contributed by atoms with Gasteiger partial charge in [-0.15, -0.1) is 23.1 Å². The Bertz CT molecular complexity index is 1190. The summed E-state index contributed by atoms with van der Waals surface area (Å²) in [5.74, 6) is -2.15. The number of aromatic nitrogens is 3. The lowest BCUT2D eigenvalue weighted by atomic mass is 10.0. The van der Waals surface area contributed by atoms with Gasteiger partial charge in [0, 0.05) is 17.3 Å². The number of fused-ring (bicyclic) bond motifs is 1. The summed E-state index contributed by atoms with van der Waals surface area (Å²) in [6, 6.07) is 2.50. The molecule has 0 spiro atoms.